The van der Waals surface area contributed by atoms with E-state index in [9.17, 15) is 9.90 Å². The summed E-state index contributed by atoms with van der Waals surface area (Å²) in [5, 5.41) is 9.71. The lowest BCUT2D eigenvalue weighted by Crippen LogP contribution is -2.38. The highest BCUT2D eigenvalue weighted by Crippen LogP contribution is 2.41. The molecule has 2 heterocycles. The summed E-state index contributed by atoms with van der Waals surface area (Å²) in [5.41, 5.74) is 3.32. The second kappa shape index (κ2) is 5.53. The van der Waals surface area contributed by atoms with Gasteiger partial charge in [-0.15, -0.1) is 0 Å². The van der Waals surface area contributed by atoms with E-state index in [1.807, 2.05) is 43.5 Å². The normalized spacial score (nSPS) is 15.8. The van der Waals surface area contributed by atoms with Gasteiger partial charge >= 0.3 is 0 Å². The van der Waals surface area contributed by atoms with Gasteiger partial charge in [-0.2, -0.15) is 0 Å². The molecule has 1 aromatic heterocycles. The lowest BCUT2D eigenvalue weighted by Gasteiger charge is -2.36. The number of nitrogens with zero attached hydrogens (tertiary/aromatic N) is 2. The van der Waals surface area contributed by atoms with Gasteiger partial charge in [0.15, 0.2) is 0 Å². The number of halogens is 1. The van der Waals surface area contributed by atoms with Crippen molar-refractivity contribution in [2.24, 2.45) is 0 Å². The molecule has 3 aromatic rings. The number of aromatic nitrogens is 1. The van der Waals surface area contributed by atoms with Crippen LogP contribution in [0.3, 0.4) is 0 Å². The van der Waals surface area contributed by atoms with Crippen LogP contribution in [0.2, 0.25) is 0 Å². The van der Waals surface area contributed by atoms with E-state index in [-0.39, 0.29) is 17.7 Å². The maximum Gasteiger partial charge on any atom is 0.259 e. The molecule has 1 amide bonds. The van der Waals surface area contributed by atoms with Crippen molar-refractivity contribution >= 4 is 27.5 Å². The standard InChI is InChI=1S/C19H15BrN2O2/c1-12-16-6-3-9-21(16)17-8-7-14(20)11-18(17)22(12)19(24)13-4-2-5-15(23)10-13/h2-12,23H,1H3. The lowest BCUT2D eigenvalue weighted by atomic mass is 10.0. The maximum absolute atomic E-state index is 13.2. The minimum absolute atomic E-state index is 0.0864. The Morgan fingerprint density at radius 1 is 1.08 bits per heavy atom. The number of aromatic hydroxyl groups is 1. The van der Waals surface area contributed by atoms with Crippen LogP contribution in [0.1, 0.15) is 29.0 Å². The average Bonchev–Trinajstić information content (AvgIpc) is 3.05. The van der Waals surface area contributed by atoms with Gasteiger partial charge in [0.1, 0.15) is 5.75 Å². The summed E-state index contributed by atoms with van der Waals surface area (Å²) < 4.78 is 3.02. The van der Waals surface area contributed by atoms with Crippen molar-refractivity contribution in [2.45, 2.75) is 13.0 Å². The fraction of sp³-hybridized carbons (Fsp3) is 0.105. The third-order valence-corrected chi connectivity index (χ3v) is 4.86. The summed E-state index contributed by atoms with van der Waals surface area (Å²) in [6, 6.07) is 16.3. The molecule has 5 heteroatoms. The topological polar surface area (TPSA) is 45.5 Å². The highest BCUT2D eigenvalue weighted by Gasteiger charge is 2.33. The number of phenolic OH excluding ortho intramolecular Hbond substituents is 1. The van der Waals surface area contributed by atoms with Gasteiger partial charge in [-0.25, -0.2) is 0 Å². The highest BCUT2D eigenvalue weighted by atomic mass is 79.9. The maximum atomic E-state index is 13.2. The molecule has 1 atom stereocenters. The molecule has 0 radical (unpaired) electrons. The van der Waals surface area contributed by atoms with Crippen molar-refractivity contribution in [3.05, 3.63) is 76.5 Å². The van der Waals surface area contributed by atoms with E-state index in [0.717, 1.165) is 21.5 Å². The second-order valence-electron chi connectivity index (χ2n) is 5.84. The first-order valence-electron chi connectivity index (χ1n) is 7.66. The third-order valence-electron chi connectivity index (χ3n) is 4.36. The SMILES string of the molecule is CC1c2cccn2-c2ccc(Br)cc2N1C(=O)c1cccc(O)c1. The number of benzene rings is 2. The van der Waals surface area contributed by atoms with E-state index in [1.54, 1.807) is 23.1 Å². The zero-order valence-corrected chi connectivity index (χ0v) is 14.6. The van der Waals surface area contributed by atoms with Crippen LogP contribution in [0.4, 0.5) is 5.69 Å². The van der Waals surface area contributed by atoms with E-state index < -0.39 is 0 Å². The number of hydrogen-bond donors (Lipinski definition) is 1. The van der Waals surface area contributed by atoms with Gasteiger partial charge in [0.05, 0.1) is 17.4 Å². The Bertz CT molecular complexity index is 948. The molecule has 0 bridgehead atoms. The molecule has 120 valence electrons. The molecule has 4 nitrogen and oxygen atoms in total. The molecule has 0 saturated heterocycles. The van der Waals surface area contributed by atoms with Crippen LogP contribution >= 0.6 is 15.9 Å². The van der Waals surface area contributed by atoms with Gasteiger partial charge in [-0.3, -0.25) is 9.69 Å². The quantitative estimate of drug-likeness (QED) is 0.664. The first-order valence-corrected chi connectivity index (χ1v) is 8.45. The predicted octanol–water partition coefficient (Wildman–Crippen LogP) is 4.67. The van der Waals surface area contributed by atoms with Crippen LogP contribution in [0.5, 0.6) is 5.75 Å². The summed E-state index contributed by atoms with van der Waals surface area (Å²) in [4.78, 5) is 14.9. The molecular formula is C19H15BrN2O2. The van der Waals surface area contributed by atoms with Crippen LogP contribution in [-0.4, -0.2) is 15.6 Å². The Kier molecular flexibility index (Phi) is 3.46. The minimum Gasteiger partial charge on any atom is -0.508 e. The van der Waals surface area contributed by atoms with E-state index >= 15 is 0 Å². The van der Waals surface area contributed by atoms with Gasteiger partial charge in [0.25, 0.3) is 5.91 Å². The van der Waals surface area contributed by atoms with E-state index in [1.165, 1.54) is 6.07 Å². The summed E-state index contributed by atoms with van der Waals surface area (Å²) in [5.74, 6) is -0.0476. The molecule has 2 aromatic carbocycles. The Morgan fingerprint density at radius 3 is 2.71 bits per heavy atom. The van der Waals surface area contributed by atoms with Crippen LogP contribution in [0.15, 0.2) is 65.3 Å². The summed E-state index contributed by atoms with van der Waals surface area (Å²) >= 11 is 3.50. The number of hydrogen-bond acceptors (Lipinski definition) is 2. The van der Waals surface area contributed by atoms with E-state index in [0.29, 0.717) is 5.56 Å². The monoisotopic (exact) mass is 382 g/mol. The predicted molar refractivity (Wildman–Crippen MR) is 96.8 cm³/mol. The number of amides is 1. The highest BCUT2D eigenvalue weighted by molar-refractivity contribution is 9.10. The summed E-state index contributed by atoms with van der Waals surface area (Å²) in [6.45, 7) is 2.01. The van der Waals surface area contributed by atoms with Crippen LogP contribution < -0.4 is 4.90 Å². The number of phenols is 1. The smallest absolute Gasteiger partial charge is 0.259 e. The Balaban J connectivity index is 1.90. The van der Waals surface area contributed by atoms with Gasteiger partial charge < -0.3 is 9.67 Å². The first kappa shape index (κ1) is 15.0. The van der Waals surface area contributed by atoms with Crippen LogP contribution in [-0.2, 0) is 0 Å². The van der Waals surface area contributed by atoms with Crippen molar-refractivity contribution in [3.63, 3.8) is 0 Å². The Morgan fingerprint density at radius 2 is 1.92 bits per heavy atom. The van der Waals surface area contributed by atoms with Crippen molar-refractivity contribution in [3.8, 4) is 11.4 Å². The Labute approximate surface area is 148 Å². The molecule has 24 heavy (non-hydrogen) atoms. The molecule has 0 aliphatic carbocycles. The third kappa shape index (κ3) is 2.24. The molecule has 1 unspecified atom stereocenters. The van der Waals surface area contributed by atoms with Crippen LogP contribution in [0, 0.1) is 0 Å². The van der Waals surface area contributed by atoms with Gasteiger partial charge in [-0.05, 0) is 55.5 Å². The van der Waals surface area contributed by atoms with Crippen molar-refractivity contribution < 1.29 is 9.90 Å². The van der Waals surface area contributed by atoms with Gasteiger partial charge in [-0.1, -0.05) is 22.0 Å². The van der Waals surface area contributed by atoms with Crippen molar-refractivity contribution in [2.75, 3.05) is 4.90 Å². The average molecular weight is 383 g/mol. The molecule has 0 fully saturated rings. The zero-order chi connectivity index (χ0) is 16.8. The number of rotatable bonds is 1. The molecule has 1 aliphatic heterocycles. The molecule has 0 spiro atoms. The molecular weight excluding hydrogens is 368 g/mol. The first-order chi connectivity index (χ1) is 11.6. The number of carbonyl (C=O) groups is 1. The lowest BCUT2D eigenvalue weighted by molar-refractivity contribution is 0.0976. The zero-order valence-electron chi connectivity index (χ0n) is 13.0. The fourth-order valence-electron chi connectivity index (χ4n) is 3.25. The number of anilines is 1. The minimum atomic E-state index is -0.134. The van der Waals surface area contributed by atoms with Crippen LogP contribution in [0.25, 0.3) is 5.69 Å². The van der Waals surface area contributed by atoms with Gasteiger partial charge in [0.2, 0.25) is 0 Å². The molecule has 1 N–H and O–H groups in total. The second-order valence-corrected chi connectivity index (χ2v) is 6.75. The van der Waals surface area contributed by atoms with Gasteiger partial charge in [0, 0.05) is 21.9 Å². The summed E-state index contributed by atoms with van der Waals surface area (Å²) in [7, 11) is 0. The molecule has 4 rings (SSSR count). The van der Waals surface area contributed by atoms with Crippen molar-refractivity contribution in [1.82, 2.24) is 4.57 Å². The largest absolute Gasteiger partial charge is 0.508 e. The van der Waals surface area contributed by atoms with E-state index in [4.69, 9.17) is 0 Å². The van der Waals surface area contributed by atoms with E-state index in [2.05, 4.69) is 20.5 Å². The Hall–Kier alpha value is -2.53. The fourth-order valence-corrected chi connectivity index (χ4v) is 3.60. The number of fused-ring (bicyclic) bond motifs is 3. The molecule has 0 saturated carbocycles. The van der Waals surface area contributed by atoms with Crippen molar-refractivity contribution in [1.29, 1.82) is 0 Å². The molecule has 1 aliphatic rings. The number of carbonyl (C=O) groups excluding carboxylic acids is 1. The summed E-state index contributed by atoms with van der Waals surface area (Å²) in [6.07, 6.45) is 2.01.